The molecule has 0 aliphatic heterocycles. The summed E-state index contributed by atoms with van der Waals surface area (Å²) < 4.78 is 4.14. The molecule has 0 saturated heterocycles. The molecule has 0 amide bonds. The maximum Gasteiger partial charge on any atom is 0.329 e. The van der Waals surface area contributed by atoms with E-state index in [0.717, 1.165) is 12.2 Å². The summed E-state index contributed by atoms with van der Waals surface area (Å²) in [5, 5.41) is 7.60. The number of esters is 1. The number of ether oxygens (including phenoxy) is 1. The van der Waals surface area contributed by atoms with E-state index in [1.807, 2.05) is 0 Å². The van der Waals surface area contributed by atoms with E-state index in [1.165, 1.54) is 7.11 Å². The van der Waals surface area contributed by atoms with Crippen LogP contribution < -0.4 is 0 Å². The third-order valence-electron chi connectivity index (χ3n) is 0.709. The minimum absolute atomic E-state index is 0.394. The normalized spacial score (nSPS) is 6.20. The molecule has 0 radical (unpaired) electrons. The molecule has 0 saturated carbocycles. The van der Waals surface area contributed by atoms with Crippen molar-refractivity contribution >= 4 is 11.9 Å². The second-order valence-electron chi connectivity index (χ2n) is 1.74. The summed E-state index contributed by atoms with van der Waals surface area (Å²) in [6, 6.07) is 0. The Labute approximate surface area is 89.9 Å². The highest BCUT2D eigenvalue weighted by molar-refractivity contribution is 5.80. The zero-order valence-corrected chi connectivity index (χ0v) is 8.81. The Balaban J connectivity index is -0.000000147. The molecule has 4 nitrogen and oxygen atoms in total. The maximum atomic E-state index is 9.84. The van der Waals surface area contributed by atoms with Crippen LogP contribution in [0.15, 0.2) is 50.6 Å². The summed E-state index contributed by atoms with van der Waals surface area (Å²) in [5.41, 5.74) is 0. The number of rotatable bonds is 3. The Morgan fingerprint density at radius 1 is 1.07 bits per heavy atom. The van der Waals surface area contributed by atoms with E-state index in [4.69, 9.17) is 5.11 Å². The molecule has 4 heteroatoms. The monoisotopic (exact) mass is 212 g/mol. The van der Waals surface area contributed by atoms with Crippen LogP contribution in [0.2, 0.25) is 0 Å². The van der Waals surface area contributed by atoms with Gasteiger partial charge in [-0.25, -0.2) is 9.59 Å². The van der Waals surface area contributed by atoms with E-state index in [9.17, 15) is 9.59 Å². The van der Waals surface area contributed by atoms with E-state index in [2.05, 4.69) is 31.1 Å². The van der Waals surface area contributed by atoms with E-state index >= 15 is 0 Å². The average molecular weight is 212 g/mol. The quantitative estimate of drug-likeness (QED) is 0.441. The summed E-state index contributed by atoms with van der Waals surface area (Å²) in [6.07, 6.45) is 5.22. The van der Waals surface area contributed by atoms with Crippen molar-refractivity contribution in [3.05, 3.63) is 50.6 Å². The number of aliphatic carboxylic acids is 1. The molecule has 15 heavy (non-hydrogen) atoms. The molecule has 0 fully saturated rings. The number of hydrogen-bond donors (Lipinski definition) is 1. The van der Waals surface area contributed by atoms with Crippen LogP contribution in [0.3, 0.4) is 0 Å². The molecule has 0 unspecified atom stereocenters. The molecule has 0 bridgehead atoms. The fraction of sp³-hybridized carbons (Fsp3) is 0.0909. The van der Waals surface area contributed by atoms with Gasteiger partial charge in [-0.15, -0.1) is 0 Å². The van der Waals surface area contributed by atoms with Crippen molar-refractivity contribution in [2.24, 2.45) is 0 Å². The Morgan fingerprint density at radius 2 is 1.40 bits per heavy atom. The van der Waals surface area contributed by atoms with Crippen LogP contribution in [0, 0.1) is 0 Å². The predicted octanol–water partition coefficient (Wildman–Crippen LogP) is 1.96. The Bertz CT molecular complexity index is 223. The Hall–Kier alpha value is -2.10. The van der Waals surface area contributed by atoms with Crippen LogP contribution in [0.5, 0.6) is 0 Å². The van der Waals surface area contributed by atoms with Crippen molar-refractivity contribution in [1.29, 1.82) is 0 Å². The molecular weight excluding hydrogens is 196 g/mol. The smallest absolute Gasteiger partial charge is 0.329 e. The molecule has 0 aromatic heterocycles. The standard InChI is InChI=1S/C4H6O2.C4H6.C3H4O2/c1-3-4(5)6-2;1-3-4-2;1-2-3(4)5/h3H,1H2,2H3;3-4H,1-2H2;2H,1H2,(H,4,5). The van der Waals surface area contributed by atoms with Gasteiger partial charge in [-0.1, -0.05) is 38.5 Å². The molecular formula is C11H16O4. The maximum absolute atomic E-state index is 9.84. The lowest BCUT2D eigenvalue weighted by Crippen LogP contribution is -1.91. The zero-order chi connectivity index (χ0) is 12.7. The minimum Gasteiger partial charge on any atom is -0.478 e. The first-order chi connectivity index (χ1) is 6.99. The zero-order valence-electron chi connectivity index (χ0n) is 8.81. The van der Waals surface area contributed by atoms with Gasteiger partial charge in [-0.3, -0.25) is 0 Å². The fourth-order valence-corrected chi connectivity index (χ4v) is 0.0833. The van der Waals surface area contributed by atoms with Gasteiger partial charge >= 0.3 is 11.9 Å². The summed E-state index contributed by atoms with van der Waals surface area (Å²) in [6.45, 7) is 12.8. The molecule has 0 aromatic rings. The summed E-state index contributed by atoms with van der Waals surface area (Å²) in [5.74, 6) is -1.37. The van der Waals surface area contributed by atoms with E-state index in [1.54, 1.807) is 12.2 Å². The highest BCUT2D eigenvalue weighted by Gasteiger charge is 1.81. The fourth-order valence-electron chi connectivity index (χ4n) is 0.0833. The van der Waals surface area contributed by atoms with E-state index in [0.29, 0.717) is 0 Å². The number of carboxylic acid groups (broad SMARTS) is 1. The van der Waals surface area contributed by atoms with E-state index < -0.39 is 11.9 Å². The number of hydrogen-bond acceptors (Lipinski definition) is 3. The van der Waals surface area contributed by atoms with Gasteiger partial charge in [0.15, 0.2) is 0 Å². The molecule has 0 aromatic carbocycles. The second-order valence-corrected chi connectivity index (χ2v) is 1.74. The predicted molar refractivity (Wildman–Crippen MR) is 60.4 cm³/mol. The van der Waals surface area contributed by atoms with Gasteiger partial charge in [0.2, 0.25) is 0 Å². The number of methoxy groups -OCH3 is 1. The van der Waals surface area contributed by atoms with Crippen molar-refractivity contribution in [1.82, 2.24) is 0 Å². The third-order valence-corrected chi connectivity index (χ3v) is 0.709. The van der Waals surface area contributed by atoms with Crippen molar-refractivity contribution in [3.63, 3.8) is 0 Å². The Kier molecular flexibility index (Phi) is 22.2. The SMILES string of the molecule is C=CC(=O)O.C=CC(=O)OC.C=CC=C. The van der Waals surface area contributed by atoms with Gasteiger partial charge in [0.25, 0.3) is 0 Å². The van der Waals surface area contributed by atoms with Crippen LogP contribution in [0.4, 0.5) is 0 Å². The molecule has 0 aliphatic rings. The highest BCUT2D eigenvalue weighted by atomic mass is 16.5. The number of allylic oxidation sites excluding steroid dienone is 2. The van der Waals surface area contributed by atoms with Crippen LogP contribution in [-0.4, -0.2) is 24.2 Å². The first-order valence-corrected chi connectivity index (χ1v) is 3.79. The third kappa shape index (κ3) is 48.6. The van der Waals surface area contributed by atoms with Gasteiger partial charge in [-0.2, -0.15) is 0 Å². The van der Waals surface area contributed by atoms with Crippen molar-refractivity contribution < 1.29 is 19.4 Å². The first kappa shape index (κ1) is 18.6. The average Bonchev–Trinajstić information content (AvgIpc) is 2.28. The summed E-state index contributed by atoms with van der Waals surface area (Å²) >= 11 is 0. The van der Waals surface area contributed by atoms with Crippen LogP contribution >= 0.6 is 0 Å². The minimum atomic E-state index is -0.981. The lowest BCUT2D eigenvalue weighted by Gasteiger charge is -1.83. The van der Waals surface area contributed by atoms with Gasteiger partial charge in [0, 0.05) is 12.2 Å². The van der Waals surface area contributed by atoms with Gasteiger partial charge < -0.3 is 9.84 Å². The second kappa shape index (κ2) is 17.8. The molecule has 0 aliphatic carbocycles. The van der Waals surface area contributed by atoms with Crippen LogP contribution in [0.1, 0.15) is 0 Å². The van der Waals surface area contributed by atoms with Gasteiger partial charge in [-0.05, 0) is 0 Å². The van der Waals surface area contributed by atoms with Crippen molar-refractivity contribution in [2.75, 3.05) is 7.11 Å². The van der Waals surface area contributed by atoms with Crippen LogP contribution in [-0.2, 0) is 14.3 Å². The largest absolute Gasteiger partial charge is 0.478 e. The lowest BCUT2D eigenvalue weighted by atomic mass is 10.6. The number of carbonyl (C=O) groups is 2. The number of carbonyl (C=O) groups excluding carboxylic acids is 1. The summed E-state index contributed by atoms with van der Waals surface area (Å²) in [7, 11) is 1.31. The molecule has 0 heterocycles. The van der Waals surface area contributed by atoms with Crippen LogP contribution in [0.25, 0.3) is 0 Å². The van der Waals surface area contributed by atoms with Gasteiger partial charge in [0.05, 0.1) is 7.11 Å². The van der Waals surface area contributed by atoms with Gasteiger partial charge in [0.1, 0.15) is 0 Å². The molecule has 0 rings (SSSR count). The topological polar surface area (TPSA) is 63.6 Å². The van der Waals surface area contributed by atoms with E-state index in [-0.39, 0.29) is 0 Å². The first-order valence-electron chi connectivity index (χ1n) is 3.79. The van der Waals surface area contributed by atoms with Crippen molar-refractivity contribution in [3.8, 4) is 0 Å². The van der Waals surface area contributed by atoms with Crippen molar-refractivity contribution in [2.45, 2.75) is 0 Å². The Morgan fingerprint density at radius 3 is 1.40 bits per heavy atom. The summed E-state index contributed by atoms with van der Waals surface area (Å²) in [4.78, 5) is 19.1. The molecule has 84 valence electrons. The highest BCUT2D eigenvalue weighted by Crippen LogP contribution is 1.67. The molecule has 1 N–H and O–H groups in total. The molecule has 0 atom stereocenters. The number of carboxylic acids is 1. The lowest BCUT2D eigenvalue weighted by molar-refractivity contribution is -0.135. The molecule has 0 spiro atoms.